The normalized spacial score (nSPS) is 10.6. The van der Waals surface area contributed by atoms with E-state index in [9.17, 15) is 4.79 Å². The molecule has 1 aromatic carbocycles. The third-order valence-corrected chi connectivity index (χ3v) is 4.50. The van der Waals surface area contributed by atoms with Gasteiger partial charge in [0, 0.05) is 37.1 Å². The Kier molecular flexibility index (Phi) is 5.09. The predicted molar refractivity (Wildman–Crippen MR) is 104 cm³/mol. The van der Waals surface area contributed by atoms with Crippen molar-refractivity contribution in [3.63, 3.8) is 0 Å². The molecule has 0 fully saturated rings. The van der Waals surface area contributed by atoms with Crippen molar-refractivity contribution in [2.45, 2.75) is 20.0 Å². The topological polar surface area (TPSA) is 61.0 Å². The minimum atomic E-state index is -0.0896. The van der Waals surface area contributed by atoms with Crippen LogP contribution in [0.1, 0.15) is 16.7 Å². The van der Waals surface area contributed by atoms with Crippen molar-refractivity contribution in [2.24, 2.45) is 0 Å². The summed E-state index contributed by atoms with van der Waals surface area (Å²) in [7, 11) is 1.78. The van der Waals surface area contributed by atoms with E-state index in [-0.39, 0.29) is 5.56 Å². The molecule has 0 bridgehead atoms. The van der Waals surface area contributed by atoms with E-state index in [4.69, 9.17) is 12.2 Å². The van der Waals surface area contributed by atoms with Gasteiger partial charge in [-0.1, -0.05) is 18.2 Å². The highest BCUT2D eigenvalue weighted by molar-refractivity contribution is 7.80. The van der Waals surface area contributed by atoms with Crippen molar-refractivity contribution in [2.75, 3.05) is 7.05 Å². The molecule has 25 heavy (non-hydrogen) atoms. The molecule has 0 aliphatic rings. The number of hydrogen-bond donors (Lipinski definition) is 2. The summed E-state index contributed by atoms with van der Waals surface area (Å²) >= 11 is 5.41. The summed E-state index contributed by atoms with van der Waals surface area (Å²) in [5.74, 6) is 0. The van der Waals surface area contributed by atoms with Crippen LogP contribution in [0.25, 0.3) is 10.9 Å². The first-order valence-electron chi connectivity index (χ1n) is 8.05. The number of H-pyrrole nitrogens is 1. The van der Waals surface area contributed by atoms with Gasteiger partial charge in [-0.2, -0.15) is 0 Å². The number of pyridine rings is 2. The number of fused-ring (bicyclic) bond motifs is 1. The number of nitrogens with zero attached hydrogens (tertiary/aromatic N) is 2. The van der Waals surface area contributed by atoms with Crippen molar-refractivity contribution in [1.82, 2.24) is 20.2 Å². The minimum absolute atomic E-state index is 0.0896. The number of thiocarbonyl (C=S) groups is 1. The molecule has 128 valence electrons. The Morgan fingerprint density at radius 3 is 2.84 bits per heavy atom. The highest BCUT2D eigenvalue weighted by Crippen LogP contribution is 2.15. The standard InChI is InChI=1S/C19H20N4OS/c1-13-5-6-15-9-16(18(24)22-17(15)8-13)12-23(19(25)20-2)11-14-4-3-7-21-10-14/h3-10H,11-12H2,1-2H3,(H,20,25)(H,22,24). The Morgan fingerprint density at radius 2 is 2.12 bits per heavy atom. The van der Waals surface area contributed by atoms with E-state index in [1.807, 2.05) is 48.2 Å². The lowest BCUT2D eigenvalue weighted by Gasteiger charge is -2.24. The van der Waals surface area contributed by atoms with Crippen molar-refractivity contribution >= 4 is 28.2 Å². The Bertz CT molecular complexity index is 953. The summed E-state index contributed by atoms with van der Waals surface area (Å²) in [5, 5.41) is 4.60. The number of hydrogen-bond acceptors (Lipinski definition) is 3. The average molecular weight is 352 g/mol. The van der Waals surface area contributed by atoms with Gasteiger partial charge in [0.25, 0.3) is 5.56 Å². The van der Waals surface area contributed by atoms with E-state index in [0.717, 1.165) is 22.0 Å². The van der Waals surface area contributed by atoms with Crippen LogP contribution in [0.5, 0.6) is 0 Å². The molecule has 0 saturated heterocycles. The van der Waals surface area contributed by atoms with Gasteiger partial charge in [0.1, 0.15) is 0 Å². The first-order chi connectivity index (χ1) is 12.1. The third-order valence-electron chi connectivity index (χ3n) is 4.04. The van der Waals surface area contributed by atoms with Crippen molar-refractivity contribution in [3.05, 3.63) is 75.8 Å². The van der Waals surface area contributed by atoms with Gasteiger partial charge in [-0.05, 0) is 53.9 Å². The number of benzene rings is 1. The molecule has 0 aliphatic heterocycles. The molecule has 2 N–H and O–H groups in total. The van der Waals surface area contributed by atoms with Gasteiger partial charge in [-0.25, -0.2) is 0 Å². The summed E-state index contributed by atoms with van der Waals surface area (Å²) in [6, 6.07) is 11.9. The molecule has 0 aliphatic carbocycles. The van der Waals surface area contributed by atoms with Crippen LogP contribution in [-0.4, -0.2) is 27.0 Å². The molecule has 3 rings (SSSR count). The Labute approximate surface area is 151 Å². The van der Waals surface area contributed by atoms with E-state index in [1.165, 1.54) is 0 Å². The summed E-state index contributed by atoms with van der Waals surface area (Å²) < 4.78 is 0. The van der Waals surface area contributed by atoms with Gasteiger partial charge in [-0.15, -0.1) is 0 Å². The van der Waals surface area contributed by atoms with Crippen LogP contribution in [0.2, 0.25) is 0 Å². The van der Waals surface area contributed by atoms with Crippen LogP contribution >= 0.6 is 12.2 Å². The number of rotatable bonds is 4. The number of nitrogens with one attached hydrogen (secondary N) is 2. The second kappa shape index (κ2) is 7.44. The molecule has 0 saturated carbocycles. The lowest BCUT2D eigenvalue weighted by Crippen LogP contribution is -2.38. The zero-order valence-electron chi connectivity index (χ0n) is 14.2. The van der Waals surface area contributed by atoms with Crippen LogP contribution in [0, 0.1) is 6.92 Å². The van der Waals surface area contributed by atoms with Crippen LogP contribution in [0.15, 0.2) is 53.6 Å². The molecule has 0 radical (unpaired) electrons. The van der Waals surface area contributed by atoms with E-state index < -0.39 is 0 Å². The van der Waals surface area contributed by atoms with Crippen LogP contribution in [-0.2, 0) is 13.1 Å². The van der Waals surface area contributed by atoms with E-state index in [0.29, 0.717) is 23.8 Å². The third kappa shape index (κ3) is 4.03. The first-order valence-corrected chi connectivity index (χ1v) is 8.46. The zero-order chi connectivity index (χ0) is 17.8. The zero-order valence-corrected chi connectivity index (χ0v) is 15.1. The summed E-state index contributed by atoms with van der Waals surface area (Å²) in [6.07, 6.45) is 3.54. The Balaban J connectivity index is 1.92. The van der Waals surface area contributed by atoms with Crippen molar-refractivity contribution < 1.29 is 0 Å². The maximum atomic E-state index is 12.5. The van der Waals surface area contributed by atoms with Crippen LogP contribution in [0.4, 0.5) is 0 Å². The van der Waals surface area contributed by atoms with Gasteiger partial charge in [0.15, 0.2) is 5.11 Å². The van der Waals surface area contributed by atoms with Gasteiger partial charge in [0.2, 0.25) is 0 Å². The molecule has 6 heteroatoms. The van der Waals surface area contributed by atoms with Gasteiger partial charge in [0.05, 0.1) is 6.54 Å². The molecule has 0 atom stereocenters. The number of aryl methyl sites for hydroxylation is 1. The van der Waals surface area contributed by atoms with Crippen molar-refractivity contribution in [1.29, 1.82) is 0 Å². The van der Waals surface area contributed by atoms with E-state index in [1.54, 1.807) is 19.4 Å². The summed E-state index contributed by atoms with van der Waals surface area (Å²) in [5.41, 5.74) is 3.59. The molecule has 5 nitrogen and oxygen atoms in total. The summed E-state index contributed by atoms with van der Waals surface area (Å²) in [4.78, 5) is 21.5. The lowest BCUT2D eigenvalue weighted by molar-refractivity contribution is 0.400. The van der Waals surface area contributed by atoms with Gasteiger partial charge in [-0.3, -0.25) is 9.78 Å². The maximum Gasteiger partial charge on any atom is 0.253 e. The minimum Gasteiger partial charge on any atom is -0.366 e. The fourth-order valence-corrected chi connectivity index (χ4v) is 2.88. The molecular weight excluding hydrogens is 332 g/mol. The highest BCUT2D eigenvalue weighted by Gasteiger charge is 2.13. The second-order valence-electron chi connectivity index (χ2n) is 5.99. The highest BCUT2D eigenvalue weighted by atomic mass is 32.1. The van der Waals surface area contributed by atoms with E-state index in [2.05, 4.69) is 15.3 Å². The number of aromatic amines is 1. The first kappa shape index (κ1) is 17.1. The van der Waals surface area contributed by atoms with Crippen LogP contribution < -0.4 is 10.9 Å². The molecule has 0 spiro atoms. The van der Waals surface area contributed by atoms with E-state index >= 15 is 0 Å². The molecule has 0 unspecified atom stereocenters. The Morgan fingerprint density at radius 1 is 1.28 bits per heavy atom. The largest absolute Gasteiger partial charge is 0.366 e. The smallest absolute Gasteiger partial charge is 0.253 e. The molecule has 2 heterocycles. The molecule has 0 amide bonds. The fourth-order valence-electron chi connectivity index (χ4n) is 2.75. The van der Waals surface area contributed by atoms with Gasteiger partial charge < -0.3 is 15.2 Å². The maximum absolute atomic E-state index is 12.5. The summed E-state index contributed by atoms with van der Waals surface area (Å²) in [6.45, 7) is 3.01. The lowest BCUT2D eigenvalue weighted by atomic mass is 10.1. The number of aromatic nitrogens is 2. The monoisotopic (exact) mass is 352 g/mol. The molecule has 3 aromatic rings. The Hall–Kier alpha value is -2.73. The predicted octanol–water partition coefficient (Wildman–Crippen LogP) is 2.74. The van der Waals surface area contributed by atoms with Crippen LogP contribution in [0.3, 0.4) is 0 Å². The quantitative estimate of drug-likeness (QED) is 0.707. The molecule has 2 aromatic heterocycles. The second-order valence-corrected chi connectivity index (χ2v) is 6.37. The fraction of sp³-hybridized carbons (Fsp3) is 0.211. The molecular formula is C19H20N4OS. The SMILES string of the molecule is CNC(=S)N(Cc1cccnc1)Cc1cc2ccc(C)cc2[nH]c1=O. The van der Waals surface area contributed by atoms with Crippen molar-refractivity contribution in [3.8, 4) is 0 Å². The van der Waals surface area contributed by atoms with Gasteiger partial charge >= 0.3 is 0 Å². The average Bonchev–Trinajstić information content (AvgIpc) is 2.62.